The summed E-state index contributed by atoms with van der Waals surface area (Å²) in [5.41, 5.74) is 0.839. The smallest absolute Gasteiger partial charge is 0.321 e. The van der Waals surface area contributed by atoms with Crippen LogP contribution in [-0.4, -0.2) is 40.0 Å². The van der Waals surface area contributed by atoms with Crippen LogP contribution in [0.5, 0.6) is 0 Å². The summed E-state index contributed by atoms with van der Waals surface area (Å²) in [6.45, 7) is 3.08. The quantitative estimate of drug-likeness (QED) is 0.784. The van der Waals surface area contributed by atoms with Gasteiger partial charge in [0, 0.05) is 23.7 Å². The summed E-state index contributed by atoms with van der Waals surface area (Å²) in [6.07, 6.45) is 1.83. The highest BCUT2D eigenvalue weighted by Crippen LogP contribution is 2.20. The van der Waals surface area contributed by atoms with Crippen molar-refractivity contribution in [1.29, 1.82) is 0 Å². The van der Waals surface area contributed by atoms with E-state index in [2.05, 4.69) is 32.1 Å². The zero-order valence-electron chi connectivity index (χ0n) is 10.5. The van der Waals surface area contributed by atoms with Crippen molar-refractivity contribution >= 4 is 40.2 Å². The van der Waals surface area contributed by atoms with Crippen LogP contribution in [0.2, 0.25) is 0 Å². The van der Waals surface area contributed by atoms with E-state index in [1.807, 2.05) is 0 Å². The summed E-state index contributed by atoms with van der Waals surface area (Å²) in [5.74, 6) is 0.974. The Hall–Kier alpha value is -1.35. The number of carbonyl (C=O) groups is 1. The van der Waals surface area contributed by atoms with Crippen molar-refractivity contribution in [3.63, 3.8) is 0 Å². The lowest BCUT2D eigenvalue weighted by molar-refractivity contribution is 0.173. The first-order valence-corrected chi connectivity index (χ1v) is 7.73. The van der Waals surface area contributed by atoms with E-state index in [4.69, 9.17) is 4.84 Å². The number of urea groups is 1. The normalized spacial score (nSPS) is 13.8. The maximum absolute atomic E-state index is 11.6. The lowest BCUT2D eigenvalue weighted by Gasteiger charge is -2.03. The van der Waals surface area contributed by atoms with Gasteiger partial charge in [-0.25, -0.2) is 4.79 Å². The molecule has 0 radical (unpaired) electrons. The van der Waals surface area contributed by atoms with Crippen LogP contribution in [0.25, 0.3) is 0 Å². The Morgan fingerprint density at radius 1 is 1.58 bits per heavy atom. The van der Waals surface area contributed by atoms with Crippen LogP contribution in [0, 0.1) is 0 Å². The molecule has 0 aliphatic carbocycles. The van der Waals surface area contributed by atoms with Gasteiger partial charge in [-0.05, 0) is 6.42 Å². The summed E-state index contributed by atoms with van der Waals surface area (Å²) >= 11 is 2.76. The first-order valence-electron chi connectivity index (χ1n) is 5.97. The van der Waals surface area contributed by atoms with Gasteiger partial charge in [-0.15, -0.1) is 0 Å². The fraction of sp³-hybridized carbons (Fsp3) is 0.600. The molecule has 0 fully saturated rings. The molecule has 1 aliphatic heterocycles. The predicted molar refractivity (Wildman–Crippen MR) is 75.9 cm³/mol. The number of anilines is 1. The van der Waals surface area contributed by atoms with Gasteiger partial charge < -0.3 is 10.2 Å². The van der Waals surface area contributed by atoms with Crippen molar-refractivity contribution in [2.24, 2.45) is 5.16 Å². The third-order valence-corrected chi connectivity index (χ3v) is 3.99. The van der Waals surface area contributed by atoms with Gasteiger partial charge in [-0.1, -0.05) is 23.8 Å². The number of rotatable bonds is 6. The molecule has 2 N–H and O–H groups in total. The molecule has 0 spiro atoms. The molecule has 2 heterocycles. The molecule has 0 saturated carbocycles. The van der Waals surface area contributed by atoms with E-state index in [1.54, 1.807) is 11.8 Å². The molecule has 2 rings (SSSR count). The third-order valence-electron chi connectivity index (χ3n) is 2.19. The Labute approximate surface area is 119 Å². The van der Waals surface area contributed by atoms with Crippen LogP contribution in [-0.2, 0) is 4.84 Å². The molecule has 0 bridgehead atoms. The number of thioether (sulfide) groups is 1. The minimum absolute atomic E-state index is 0.308. The Morgan fingerprint density at radius 3 is 3.21 bits per heavy atom. The molecule has 2 amide bonds. The number of nitrogens with one attached hydrogen (secondary N) is 2. The molecule has 1 aliphatic rings. The number of carbonyl (C=O) groups excluding carboxylic acids is 1. The minimum Gasteiger partial charge on any atom is -0.395 e. The molecular weight excluding hydrogens is 286 g/mol. The zero-order chi connectivity index (χ0) is 13.5. The molecule has 0 atom stereocenters. The fourth-order valence-electron chi connectivity index (χ4n) is 1.30. The monoisotopic (exact) mass is 301 g/mol. The second kappa shape index (κ2) is 7.29. The van der Waals surface area contributed by atoms with E-state index >= 15 is 0 Å². The lowest BCUT2D eigenvalue weighted by Crippen LogP contribution is -2.32. The first-order chi connectivity index (χ1) is 9.28. The standard InChI is InChI=1S/C10H15N5O2S2/c1-2-5-18-10-13-9(19-15-10)12-8(16)11-6-7-3-4-17-14-7/h2-6H2,1H3,(H2,11,12,13,15,16). The minimum atomic E-state index is -0.308. The molecule has 1 aromatic rings. The Bertz CT molecular complexity index is 463. The highest BCUT2D eigenvalue weighted by molar-refractivity contribution is 7.99. The van der Waals surface area contributed by atoms with Gasteiger partial charge in [0.05, 0.1) is 12.3 Å². The number of hydrogen-bond donors (Lipinski definition) is 2. The SMILES string of the molecule is CCCSc1nsc(NC(=O)NCC2=NOCC2)n1. The number of oxime groups is 1. The van der Waals surface area contributed by atoms with E-state index in [-0.39, 0.29) is 6.03 Å². The molecule has 0 saturated heterocycles. The van der Waals surface area contributed by atoms with Crippen molar-refractivity contribution < 1.29 is 9.63 Å². The van der Waals surface area contributed by atoms with Crippen molar-refractivity contribution in [2.75, 3.05) is 24.2 Å². The maximum Gasteiger partial charge on any atom is 0.321 e. The van der Waals surface area contributed by atoms with Gasteiger partial charge in [0.15, 0.2) is 0 Å². The number of nitrogens with zero attached hydrogens (tertiary/aromatic N) is 3. The Kier molecular flexibility index (Phi) is 5.40. The van der Waals surface area contributed by atoms with Gasteiger partial charge in [-0.2, -0.15) is 9.36 Å². The third kappa shape index (κ3) is 4.67. The second-order valence-corrected chi connectivity index (χ2v) is 5.59. The van der Waals surface area contributed by atoms with Gasteiger partial charge in [0.25, 0.3) is 0 Å². The van der Waals surface area contributed by atoms with Crippen LogP contribution in [0.3, 0.4) is 0 Å². The van der Waals surface area contributed by atoms with E-state index in [0.29, 0.717) is 23.4 Å². The summed E-state index contributed by atoms with van der Waals surface area (Å²) in [7, 11) is 0. The van der Waals surface area contributed by atoms with Crippen molar-refractivity contribution in [3.8, 4) is 0 Å². The summed E-state index contributed by atoms with van der Waals surface area (Å²) in [6, 6.07) is -0.308. The highest BCUT2D eigenvalue weighted by atomic mass is 32.2. The molecule has 1 aromatic heterocycles. The average Bonchev–Trinajstić information content (AvgIpc) is 3.05. The molecule has 7 nitrogen and oxygen atoms in total. The summed E-state index contributed by atoms with van der Waals surface area (Å²) in [5, 5.41) is 10.3. The molecular formula is C10H15N5O2S2. The van der Waals surface area contributed by atoms with Crippen LogP contribution in [0.1, 0.15) is 19.8 Å². The zero-order valence-corrected chi connectivity index (χ0v) is 12.1. The van der Waals surface area contributed by atoms with E-state index in [1.165, 1.54) is 11.5 Å². The van der Waals surface area contributed by atoms with Crippen molar-refractivity contribution in [2.45, 2.75) is 24.9 Å². The Balaban J connectivity index is 1.73. The molecule has 0 unspecified atom stereocenters. The molecule has 104 valence electrons. The topological polar surface area (TPSA) is 88.5 Å². The highest BCUT2D eigenvalue weighted by Gasteiger charge is 2.11. The summed E-state index contributed by atoms with van der Waals surface area (Å²) < 4.78 is 4.15. The molecule has 19 heavy (non-hydrogen) atoms. The number of aromatic nitrogens is 2. The Morgan fingerprint density at radius 2 is 2.47 bits per heavy atom. The first kappa shape index (κ1) is 14.1. The number of amides is 2. The number of hydrogen-bond acceptors (Lipinski definition) is 7. The lowest BCUT2D eigenvalue weighted by atomic mass is 10.3. The summed E-state index contributed by atoms with van der Waals surface area (Å²) in [4.78, 5) is 20.7. The largest absolute Gasteiger partial charge is 0.395 e. The van der Waals surface area contributed by atoms with E-state index in [9.17, 15) is 4.79 Å². The second-order valence-electron chi connectivity index (χ2n) is 3.78. The van der Waals surface area contributed by atoms with Gasteiger partial charge in [-0.3, -0.25) is 5.32 Å². The van der Waals surface area contributed by atoms with Crippen LogP contribution >= 0.6 is 23.3 Å². The van der Waals surface area contributed by atoms with Crippen LogP contribution < -0.4 is 10.6 Å². The van der Waals surface area contributed by atoms with Gasteiger partial charge in [0.1, 0.15) is 6.61 Å². The van der Waals surface area contributed by atoms with Crippen molar-refractivity contribution in [3.05, 3.63) is 0 Å². The average molecular weight is 301 g/mol. The van der Waals surface area contributed by atoms with Crippen molar-refractivity contribution in [1.82, 2.24) is 14.7 Å². The van der Waals surface area contributed by atoms with E-state index in [0.717, 1.165) is 24.3 Å². The van der Waals surface area contributed by atoms with E-state index < -0.39 is 0 Å². The van der Waals surface area contributed by atoms with Gasteiger partial charge in [0.2, 0.25) is 10.3 Å². The fourth-order valence-corrected chi connectivity index (χ4v) is 2.70. The maximum atomic E-state index is 11.6. The molecule has 0 aromatic carbocycles. The predicted octanol–water partition coefficient (Wildman–Crippen LogP) is 1.94. The van der Waals surface area contributed by atoms with Crippen LogP contribution in [0.4, 0.5) is 9.93 Å². The van der Waals surface area contributed by atoms with Gasteiger partial charge >= 0.3 is 6.03 Å². The molecule has 9 heteroatoms. The van der Waals surface area contributed by atoms with Crippen LogP contribution in [0.15, 0.2) is 10.3 Å².